The van der Waals surface area contributed by atoms with Crippen LogP contribution >= 0.6 is 27.5 Å². The highest BCUT2D eigenvalue weighted by Crippen LogP contribution is 2.27. The zero-order valence-corrected chi connectivity index (χ0v) is 12.5. The van der Waals surface area contributed by atoms with Gasteiger partial charge in [0.05, 0.1) is 11.6 Å². The van der Waals surface area contributed by atoms with E-state index in [1.165, 1.54) is 12.8 Å². The molecule has 0 aromatic heterocycles. The molecule has 0 radical (unpaired) electrons. The Bertz CT molecular complexity index is 333. The first-order valence-corrected chi connectivity index (χ1v) is 7.19. The van der Waals surface area contributed by atoms with Gasteiger partial charge in [-0.2, -0.15) is 0 Å². The Labute approximate surface area is 117 Å². The first-order valence-electron chi connectivity index (χ1n) is 6.02. The van der Waals surface area contributed by atoms with Gasteiger partial charge in [-0.1, -0.05) is 40.9 Å². The van der Waals surface area contributed by atoms with Crippen molar-refractivity contribution in [1.29, 1.82) is 0 Å². The maximum Gasteiger partial charge on any atom is 0.137 e. The zero-order chi connectivity index (χ0) is 12.5. The van der Waals surface area contributed by atoms with Crippen molar-refractivity contribution < 1.29 is 4.74 Å². The van der Waals surface area contributed by atoms with E-state index in [-0.39, 0.29) is 0 Å². The molecule has 0 saturated heterocycles. The van der Waals surface area contributed by atoms with Crippen molar-refractivity contribution in [1.82, 2.24) is 5.32 Å². The number of halogens is 2. The summed E-state index contributed by atoms with van der Waals surface area (Å²) in [6.45, 7) is 4.98. The van der Waals surface area contributed by atoms with Gasteiger partial charge in [-0.05, 0) is 44.1 Å². The highest BCUT2D eigenvalue weighted by atomic mass is 79.9. The van der Waals surface area contributed by atoms with Crippen LogP contribution in [0.3, 0.4) is 0 Å². The van der Waals surface area contributed by atoms with E-state index in [0.29, 0.717) is 11.6 Å². The second kappa shape index (κ2) is 8.78. The largest absolute Gasteiger partial charge is 0.492 e. The van der Waals surface area contributed by atoms with E-state index in [1.54, 1.807) is 0 Å². The van der Waals surface area contributed by atoms with E-state index >= 15 is 0 Å². The molecule has 4 heteroatoms. The predicted octanol–water partition coefficient (Wildman–Crippen LogP) is 4.26. The molecule has 0 amide bonds. The fourth-order valence-corrected chi connectivity index (χ4v) is 2.13. The SMILES string of the molecule is CCCCNCCCOc1ccc(Br)cc1Cl. The smallest absolute Gasteiger partial charge is 0.137 e. The Balaban J connectivity index is 2.14. The van der Waals surface area contributed by atoms with Crippen molar-refractivity contribution in [3.8, 4) is 5.75 Å². The molecular formula is C13H19BrClNO. The summed E-state index contributed by atoms with van der Waals surface area (Å²) in [5, 5.41) is 4.03. The zero-order valence-electron chi connectivity index (χ0n) is 10.1. The van der Waals surface area contributed by atoms with Gasteiger partial charge in [0.15, 0.2) is 0 Å². The van der Waals surface area contributed by atoms with Gasteiger partial charge in [-0.15, -0.1) is 0 Å². The lowest BCUT2D eigenvalue weighted by Crippen LogP contribution is -2.18. The molecule has 0 fully saturated rings. The second-order valence-corrected chi connectivity index (χ2v) is 5.20. The number of ether oxygens (including phenoxy) is 1. The van der Waals surface area contributed by atoms with E-state index in [9.17, 15) is 0 Å². The summed E-state index contributed by atoms with van der Waals surface area (Å²) in [5.74, 6) is 0.753. The van der Waals surface area contributed by atoms with E-state index in [2.05, 4.69) is 28.2 Å². The van der Waals surface area contributed by atoms with Gasteiger partial charge >= 0.3 is 0 Å². The molecule has 1 aromatic carbocycles. The highest BCUT2D eigenvalue weighted by Gasteiger charge is 2.01. The molecule has 2 nitrogen and oxygen atoms in total. The van der Waals surface area contributed by atoms with Crippen LogP contribution in [-0.2, 0) is 0 Å². The molecular weight excluding hydrogens is 302 g/mol. The summed E-state index contributed by atoms with van der Waals surface area (Å²) in [6, 6.07) is 5.66. The molecule has 0 aliphatic carbocycles. The number of unbranched alkanes of at least 4 members (excludes halogenated alkanes) is 1. The van der Waals surface area contributed by atoms with Gasteiger partial charge in [-0.25, -0.2) is 0 Å². The fourth-order valence-electron chi connectivity index (χ4n) is 1.40. The maximum atomic E-state index is 6.04. The molecule has 96 valence electrons. The minimum absolute atomic E-state index is 0.651. The Kier molecular flexibility index (Phi) is 7.65. The molecule has 1 N–H and O–H groups in total. The molecule has 17 heavy (non-hydrogen) atoms. The van der Waals surface area contributed by atoms with E-state index in [4.69, 9.17) is 16.3 Å². The Hall–Kier alpha value is -0.250. The van der Waals surface area contributed by atoms with Crippen LogP contribution in [0.5, 0.6) is 5.75 Å². The Morgan fingerprint density at radius 2 is 2.06 bits per heavy atom. The highest BCUT2D eigenvalue weighted by molar-refractivity contribution is 9.10. The fraction of sp³-hybridized carbons (Fsp3) is 0.538. The van der Waals surface area contributed by atoms with Gasteiger partial charge in [0.1, 0.15) is 5.75 Å². The second-order valence-electron chi connectivity index (χ2n) is 3.88. The number of nitrogens with one attached hydrogen (secondary N) is 1. The third-order valence-corrected chi connectivity index (χ3v) is 3.15. The average Bonchev–Trinajstić information content (AvgIpc) is 2.30. The molecule has 0 bridgehead atoms. The van der Waals surface area contributed by atoms with Gasteiger partial charge in [-0.3, -0.25) is 0 Å². The van der Waals surface area contributed by atoms with E-state index in [0.717, 1.165) is 29.7 Å². The monoisotopic (exact) mass is 319 g/mol. The van der Waals surface area contributed by atoms with Crippen LogP contribution in [0.1, 0.15) is 26.2 Å². The normalized spacial score (nSPS) is 10.5. The lowest BCUT2D eigenvalue weighted by Gasteiger charge is -2.08. The first-order chi connectivity index (χ1) is 8.24. The van der Waals surface area contributed by atoms with Crippen LogP contribution in [0.2, 0.25) is 5.02 Å². The van der Waals surface area contributed by atoms with Crippen LogP contribution in [0.4, 0.5) is 0 Å². The van der Waals surface area contributed by atoms with Crippen molar-refractivity contribution >= 4 is 27.5 Å². The molecule has 0 aliphatic rings. The lowest BCUT2D eigenvalue weighted by molar-refractivity contribution is 0.308. The van der Waals surface area contributed by atoms with Crippen molar-refractivity contribution in [2.75, 3.05) is 19.7 Å². The quantitative estimate of drug-likeness (QED) is 0.723. The Morgan fingerprint density at radius 3 is 2.76 bits per heavy atom. The van der Waals surface area contributed by atoms with Crippen LogP contribution < -0.4 is 10.1 Å². The van der Waals surface area contributed by atoms with Crippen molar-refractivity contribution in [2.45, 2.75) is 26.2 Å². The minimum Gasteiger partial charge on any atom is -0.492 e. The third kappa shape index (κ3) is 6.29. The lowest BCUT2D eigenvalue weighted by atomic mass is 10.3. The molecule has 0 spiro atoms. The molecule has 0 atom stereocenters. The topological polar surface area (TPSA) is 21.3 Å². The minimum atomic E-state index is 0.651. The summed E-state index contributed by atoms with van der Waals surface area (Å²) in [7, 11) is 0. The first kappa shape index (κ1) is 14.8. The van der Waals surface area contributed by atoms with Gasteiger partial charge in [0, 0.05) is 4.47 Å². The molecule has 0 heterocycles. The van der Waals surface area contributed by atoms with Crippen LogP contribution in [-0.4, -0.2) is 19.7 Å². The standard InChI is InChI=1S/C13H19BrClNO/c1-2-3-7-16-8-4-9-17-13-6-5-11(14)10-12(13)15/h5-6,10,16H,2-4,7-9H2,1H3. The molecule has 0 saturated carbocycles. The van der Waals surface area contributed by atoms with E-state index < -0.39 is 0 Å². The van der Waals surface area contributed by atoms with Crippen molar-refractivity contribution in [2.24, 2.45) is 0 Å². The number of hydrogen-bond donors (Lipinski definition) is 1. The summed E-state index contributed by atoms with van der Waals surface area (Å²) < 4.78 is 6.57. The molecule has 0 aliphatic heterocycles. The molecule has 1 aromatic rings. The predicted molar refractivity (Wildman–Crippen MR) is 77.0 cm³/mol. The van der Waals surface area contributed by atoms with Crippen molar-refractivity contribution in [3.05, 3.63) is 27.7 Å². The van der Waals surface area contributed by atoms with Gasteiger partial charge in [0.25, 0.3) is 0 Å². The summed E-state index contributed by atoms with van der Waals surface area (Å²) in [4.78, 5) is 0. The van der Waals surface area contributed by atoms with Crippen molar-refractivity contribution in [3.63, 3.8) is 0 Å². The number of hydrogen-bond acceptors (Lipinski definition) is 2. The van der Waals surface area contributed by atoms with Crippen LogP contribution in [0.15, 0.2) is 22.7 Å². The van der Waals surface area contributed by atoms with E-state index in [1.807, 2.05) is 18.2 Å². The molecule has 0 unspecified atom stereocenters. The molecule has 1 rings (SSSR count). The van der Waals surface area contributed by atoms with Crippen LogP contribution in [0.25, 0.3) is 0 Å². The van der Waals surface area contributed by atoms with Gasteiger partial charge < -0.3 is 10.1 Å². The Morgan fingerprint density at radius 1 is 1.29 bits per heavy atom. The summed E-state index contributed by atoms with van der Waals surface area (Å²) in [5.41, 5.74) is 0. The maximum absolute atomic E-state index is 6.04. The average molecular weight is 321 g/mol. The summed E-state index contributed by atoms with van der Waals surface area (Å²) >= 11 is 9.40. The number of rotatable bonds is 8. The number of benzene rings is 1. The third-order valence-electron chi connectivity index (χ3n) is 2.36. The summed E-state index contributed by atoms with van der Waals surface area (Å²) in [6.07, 6.45) is 3.47. The van der Waals surface area contributed by atoms with Gasteiger partial charge in [0.2, 0.25) is 0 Å². The van der Waals surface area contributed by atoms with Crippen LogP contribution in [0, 0.1) is 0 Å².